The maximum absolute atomic E-state index is 12.2. The Morgan fingerprint density at radius 2 is 1.61 bits per heavy atom. The van der Waals surface area contributed by atoms with E-state index < -0.39 is 5.51 Å². The van der Waals surface area contributed by atoms with Crippen molar-refractivity contribution in [3.05, 3.63) is 0 Å². The second kappa shape index (κ2) is 10.6. The average molecular weight is 422 g/mol. The molecule has 0 spiro atoms. The highest BCUT2D eigenvalue weighted by atomic mass is 32.2. The van der Waals surface area contributed by atoms with E-state index in [9.17, 15) is 18.0 Å². The molecule has 28 heavy (non-hydrogen) atoms. The summed E-state index contributed by atoms with van der Waals surface area (Å²) in [6.45, 7) is 0.364. The Kier molecular flexibility index (Phi) is 8.39. The van der Waals surface area contributed by atoms with Gasteiger partial charge in [0.2, 0.25) is 0 Å². The molecule has 1 N–H and O–H groups in total. The van der Waals surface area contributed by atoms with E-state index >= 15 is 0 Å². The highest BCUT2D eigenvalue weighted by Gasteiger charge is 2.32. The van der Waals surface area contributed by atoms with Crippen molar-refractivity contribution in [2.75, 3.05) is 6.54 Å². The van der Waals surface area contributed by atoms with Gasteiger partial charge in [0.15, 0.2) is 0 Å². The van der Waals surface area contributed by atoms with E-state index in [0.717, 1.165) is 50.4 Å². The maximum Gasteiger partial charge on any atom is 0.456 e. The second-order valence-corrected chi connectivity index (χ2v) is 10.1. The van der Waals surface area contributed by atoms with Crippen molar-refractivity contribution >= 4 is 17.9 Å². The highest BCUT2D eigenvalue weighted by Crippen LogP contribution is 2.44. The molecule has 3 saturated carbocycles. The number of nitrogens with one attached hydrogen (secondary N) is 1. The lowest BCUT2D eigenvalue weighted by Gasteiger charge is -2.39. The molecule has 3 nitrogen and oxygen atoms in total. The molecule has 3 aliphatic carbocycles. The number of halogens is 3. The van der Waals surface area contributed by atoms with Gasteiger partial charge in [0.25, 0.3) is 0 Å². The standard InChI is InChI=1S/C21H34F3NO2S/c22-21(23,24)28-25-11-10-15-4-7-19(8-5-15)27-20(26)9-6-18-13-16-2-1-3-17(12-16)14-18/h15-19,25H,1-14H2. The largest absolute Gasteiger partial charge is 0.462 e. The van der Waals surface area contributed by atoms with Crippen LogP contribution in [0.1, 0.15) is 83.5 Å². The van der Waals surface area contributed by atoms with Crippen LogP contribution in [0.25, 0.3) is 0 Å². The molecule has 3 aliphatic rings. The molecule has 0 radical (unpaired) electrons. The zero-order chi connectivity index (χ0) is 20.0. The molecule has 2 unspecified atom stereocenters. The third-order valence-corrected chi connectivity index (χ3v) is 7.50. The quantitative estimate of drug-likeness (QED) is 0.286. The van der Waals surface area contributed by atoms with E-state index in [1.54, 1.807) is 0 Å². The van der Waals surface area contributed by atoms with Crippen molar-refractivity contribution in [2.45, 2.75) is 95.1 Å². The van der Waals surface area contributed by atoms with Gasteiger partial charge in [-0.1, -0.05) is 19.3 Å². The molecule has 7 heteroatoms. The summed E-state index contributed by atoms with van der Waals surface area (Å²) < 4.78 is 44.3. The first-order valence-electron chi connectivity index (χ1n) is 11.0. The van der Waals surface area contributed by atoms with Crippen LogP contribution in [0.2, 0.25) is 0 Å². The van der Waals surface area contributed by atoms with Crippen molar-refractivity contribution in [1.82, 2.24) is 4.72 Å². The smallest absolute Gasteiger partial charge is 0.456 e. The van der Waals surface area contributed by atoms with Crippen LogP contribution >= 0.6 is 11.9 Å². The molecule has 0 aromatic rings. The first-order chi connectivity index (χ1) is 13.4. The van der Waals surface area contributed by atoms with Gasteiger partial charge >= 0.3 is 11.5 Å². The molecule has 0 aromatic heterocycles. The summed E-state index contributed by atoms with van der Waals surface area (Å²) in [5, 5.41) is 0. The van der Waals surface area contributed by atoms with Gasteiger partial charge < -0.3 is 4.74 Å². The summed E-state index contributed by atoms with van der Waals surface area (Å²) in [7, 11) is 0. The summed E-state index contributed by atoms with van der Waals surface area (Å²) in [5.74, 6) is 2.87. The van der Waals surface area contributed by atoms with Crippen LogP contribution in [0, 0.1) is 23.7 Å². The minimum Gasteiger partial charge on any atom is -0.462 e. The van der Waals surface area contributed by atoms with Gasteiger partial charge in [0.05, 0.1) is 0 Å². The Morgan fingerprint density at radius 1 is 0.929 bits per heavy atom. The number of rotatable bonds is 8. The number of carbonyl (C=O) groups is 1. The van der Waals surface area contributed by atoms with E-state index in [1.165, 1.54) is 38.5 Å². The van der Waals surface area contributed by atoms with Gasteiger partial charge in [0.1, 0.15) is 6.10 Å². The number of carbonyl (C=O) groups excluding carboxylic acids is 1. The van der Waals surface area contributed by atoms with Crippen molar-refractivity contribution in [3.8, 4) is 0 Å². The number of ether oxygens (including phenoxy) is 1. The molecule has 3 rings (SSSR count). The van der Waals surface area contributed by atoms with Gasteiger partial charge in [0, 0.05) is 24.9 Å². The lowest BCUT2D eigenvalue weighted by atomic mass is 9.67. The summed E-state index contributed by atoms with van der Waals surface area (Å²) in [6.07, 6.45) is 14.0. The zero-order valence-electron chi connectivity index (χ0n) is 16.6. The van der Waals surface area contributed by atoms with Gasteiger partial charge in [-0.2, -0.15) is 13.2 Å². The fourth-order valence-electron chi connectivity index (χ4n) is 5.61. The number of fused-ring (bicyclic) bond motifs is 2. The van der Waals surface area contributed by atoms with Gasteiger partial charge in [-0.25, -0.2) is 0 Å². The molecule has 2 bridgehead atoms. The van der Waals surface area contributed by atoms with E-state index in [2.05, 4.69) is 4.72 Å². The maximum atomic E-state index is 12.2. The molecule has 0 saturated heterocycles. The summed E-state index contributed by atoms with van der Waals surface area (Å²) in [6, 6.07) is 0. The Morgan fingerprint density at radius 3 is 2.25 bits per heavy atom. The zero-order valence-corrected chi connectivity index (χ0v) is 17.5. The van der Waals surface area contributed by atoms with Crippen LogP contribution in [0.3, 0.4) is 0 Å². The topological polar surface area (TPSA) is 38.3 Å². The fraction of sp³-hybridized carbons (Fsp3) is 0.952. The molecule has 0 aromatic carbocycles. The minimum atomic E-state index is -4.22. The molecule has 0 amide bonds. The first-order valence-corrected chi connectivity index (χ1v) is 11.9. The normalized spacial score (nSPS) is 33.5. The molecule has 162 valence electrons. The number of hydrogen-bond donors (Lipinski definition) is 1. The van der Waals surface area contributed by atoms with Gasteiger partial charge in [-0.05, 0) is 81.5 Å². The molecule has 0 heterocycles. The molecular weight excluding hydrogens is 387 g/mol. The number of hydrogen-bond acceptors (Lipinski definition) is 4. The van der Waals surface area contributed by atoms with Crippen LogP contribution in [-0.2, 0) is 9.53 Å². The lowest BCUT2D eigenvalue weighted by molar-refractivity contribution is -0.151. The predicted octanol–water partition coefficient (Wildman–Crippen LogP) is 6.23. The molecule has 3 fully saturated rings. The van der Waals surface area contributed by atoms with Crippen molar-refractivity contribution in [3.63, 3.8) is 0 Å². The number of esters is 1. The number of alkyl halides is 3. The van der Waals surface area contributed by atoms with Crippen LogP contribution in [-0.4, -0.2) is 24.1 Å². The van der Waals surface area contributed by atoms with E-state index in [-0.39, 0.29) is 24.0 Å². The molecule has 2 atom stereocenters. The van der Waals surface area contributed by atoms with Crippen LogP contribution < -0.4 is 4.72 Å². The summed E-state index contributed by atoms with van der Waals surface area (Å²) >= 11 is -0.166. The third-order valence-electron chi connectivity index (χ3n) is 6.92. The lowest BCUT2D eigenvalue weighted by Crippen LogP contribution is -2.28. The van der Waals surface area contributed by atoms with Crippen molar-refractivity contribution in [2.24, 2.45) is 23.7 Å². The SMILES string of the molecule is O=C(CCC1CC2CCCC(C2)C1)OC1CCC(CCNSC(F)(F)F)CC1. The van der Waals surface area contributed by atoms with Crippen LogP contribution in [0.15, 0.2) is 0 Å². The monoisotopic (exact) mass is 421 g/mol. The van der Waals surface area contributed by atoms with Crippen LogP contribution in [0.4, 0.5) is 13.2 Å². The van der Waals surface area contributed by atoms with Gasteiger partial charge in [-0.3, -0.25) is 9.52 Å². The summed E-state index contributed by atoms with van der Waals surface area (Å²) in [4.78, 5) is 12.2. The van der Waals surface area contributed by atoms with Crippen molar-refractivity contribution in [1.29, 1.82) is 0 Å². The average Bonchev–Trinajstić information content (AvgIpc) is 2.64. The fourth-order valence-corrected chi connectivity index (χ4v) is 5.99. The Balaban J connectivity index is 1.25. The molecule has 0 aliphatic heterocycles. The highest BCUT2D eigenvalue weighted by molar-refractivity contribution is 7.98. The Bertz CT molecular complexity index is 483. The Hall–Kier alpha value is -0.430. The van der Waals surface area contributed by atoms with E-state index in [0.29, 0.717) is 24.8 Å². The second-order valence-electron chi connectivity index (χ2n) is 9.14. The van der Waals surface area contributed by atoms with Crippen molar-refractivity contribution < 1.29 is 22.7 Å². The third kappa shape index (κ3) is 7.77. The van der Waals surface area contributed by atoms with Crippen LogP contribution in [0.5, 0.6) is 0 Å². The van der Waals surface area contributed by atoms with E-state index in [1.807, 2.05) is 0 Å². The predicted molar refractivity (Wildman–Crippen MR) is 106 cm³/mol. The van der Waals surface area contributed by atoms with Gasteiger partial charge in [-0.15, -0.1) is 0 Å². The Labute approximate surface area is 171 Å². The molecular formula is C21H34F3NO2S. The summed E-state index contributed by atoms with van der Waals surface area (Å²) in [5.41, 5.74) is -4.22. The first kappa shape index (κ1) is 22.3. The minimum absolute atomic E-state index is 0.00648. The van der Waals surface area contributed by atoms with E-state index in [4.69, 9.17) is 4.74 Å².